The van der Waals surface area contributed by atoms with Gasteiger partial charge in [0.15, 0.2) is 6.10 Å². The van der Waals surface area contributed by atoms with Crippen LogP contribution in [-0.2, 0) is 14.8 Å². The lowest BCUT2D eigenvalue weighted by atomic mass is 10.2. The molecule has 1 N–H and O–H groups in total. The molecule has 0 unspecified atom stereocenters. The first-order chi connectivity index (χ1) is 12.8. The Labute approximate surface area is 162 Å². The molecule has 0 aliphatic carbocycles. The van der Waals surface area contributed by atoms with Crippen molar-refractivity contribution >= 4 is 38.9 Å². The van der Waals surface area contributed by atoms with Crippen molar-refractivity contribution in [3.05, 3.63) is 47.5 Å². The van der Waals surface area contributed by atoms with Gasteiger partial charge in [-0.15, -0.1) is 0 Å². The van der Waals surface area contributed by atoms with Gasteiger partial charge in [0.1, 0.15) is 11.5 Å². The smallest absolute Gasteiger partial charge is 0.267 e. The standard InChI is InChI=1S/C18H19ClN2O5S/c1-3-25-14-6-4-5-13(10-14)20-18(22)17-11-21(27(2,23)24)15-9-12(19)7-8-16(15)26-17/h4-10,17H,3,11H2,1-2H3,(H,20,22)/t17-/m0/s1. The van der Waals surface area contributed by atoms with E-state index < -0.39 is 22.0 Å². The summed E-state index contributed by atoms with van der Waals surface area (Å²) in [6.45, 7) is 2.22. The Hall–Kier alpha value is -2.45. The molecule has 1 amide bonds. The number of carbonyl (C=O) groups excluding carboxylic acids is 1. The number of hydrogen-bond acceptors (Lipinski definition) is 5. The van der Waals surface area contributed by atoms with E-state index in [1.807, 2.05) is 6.92 Å². The summed E-state index contributed by atoms with van der Waals surface area (Å²) in [4.78, 5) is 12.7. The minimum atomic E-state index is -3.61. The molecule has 0 radical (unpaired) electrons. The molecule has 144 valence electrons. The topological polar surface area (TPSA) is 84.9 Å². The molecule has 0 saturated carbocycles. The average molecular weight is 411 g/mol. The number of benzene rings is 2. The third kappa shape index (κ3) is 4.45. The Morgan fingerprint density at radius 1 is 1.33 bits per heavy atom. The second kappa shape index (κ2) is 7.66. The van der Waals surface area contributed by atoms with Crippen LogP contribution in [0.25, 0.3) is 0 Å². The summed E-state index contributed by atoms with van der Waals surface area (Å²) in [6.07, 6.45) is 0.0629. The van der Waals surface area contributed by atoms with Crippen LogP contribution in [0.2, 0.25) is 5.02 Å². The number of ether oxygens (including phenoxy) is 2. The first-order valence-corrected chi connectivity index (χ1v) is 10.5. The second-order valence-electron chi connectivity index (χ2n) is 5.96. The lowest BCUT2D eigenvalue weighted by Crippen LogP contribution is -2.48. The van der Waals surface area contributed by atoms with E-state index >= 15 is 0 Å². The van der Waals surface area contributed by atoms with Crippen molar-refractivity contribution in [3.63, 3.8) is 0 Å². The highest BCUT2D eigenvalue weighted by Gasteiger charge is 2.35. The Morgan fingerprint density at radius 3 is 2.81 bits per heavy atom. The zero-order valence-corrected chi connectivity index (χ0v) is 16.4. The molecule has 0 spiro atoms. The quantitative estimate of drug-likeness (QED) is 0.819. The number of rotatable bonds is 5. The molecular weight excluding hydrogens is 392 g/mol. The van der Waals surface area contributed by atoms with Gasteiger partial charge in [-0.05, 0) is 37.3 Å². The molecule has 2 aromatic carbocycles. The van der Waals surface area contributed by atoms with Crippen LogP contribution in [0.5, 0.6) is 11.5 Å². The molecule has 0 bridgehead atoms. The van der Waals surface area contributed by atoms with Gasteiger partial charge in [0, 0.05) is 16.8 Å². The van der Waals surface area contributed by atoms with Gasteiger partial charge in [-0.2, -0.15) is 0 Å². The summed E-state index contributed by atoms with van der Waals surface area (Å²) in [5.74, 6) is 0.440. The number of anilines is 2. The molecule has 7 nitrogen and oxygen atoms in total. The van der Waals surface area contributed by atoms with E-state index in [4.69, 9.17) is 21.1 Å². The zero-order chi connectivity index (χ0) is 19.6. The molecule has 0 saturated heterocycles. The molecule has 1 aliphatic rings. The number of nitrogens with zero attached hydrogens (tertiary/aromatic N) is 1. The predicted molar refractivity (Wildman–Crippen MR) is 104 cm³/mol. The molecule has 9 heteroatoms. The molecule has 3 rings (SSSR count). The molecule has 0 fully saturated rings. The Kier molecular flexibility index (Phi) is 5.48. The summed E-state index contributed by atoms with van der Waals surface area (Å²) < 4.78 is 36.6. The van der Waals surface area contributed by atoms with Crippen molar-refractivity contribution in [1.29, 1.82) is 0 Å². The SMILES string of the molecule is CCOc1cccc(NC(=O)[C@@H]2CN(S(C)(=O)=O)c3cc(Cl)ccc3O2)c1. The molecule has 1 aliphatic heterocycles. The maximum absolute atomic E-state index is 12.7. The maximum Gasteiger partial charge on any atom is 0.267 e. The van der Waals surface area contributed by atoms with E-state index in [9.17, 15) is 13.2 Å². The van der Waals surface area contributed by atoms with E-state index in [0.29, 0.717) is 28.8 Å². The van der Waals surface area contributed by atoms with Gasteiger partial charge >= 0.3 is 0 Å². The molecule has 1 atom stereocenters. The van der Waals surface area contributed by atoms with Gasteiger partial charge in [-0.25, -0.2) is 8.42 Å². The number of sulfonamides is 1. The average Bonchev–Trinajstić information content (AvgIpc) is 2.60. The summed E-state index contributed by atoms with van der Waals surface area (Å²) >= 11 is 5.97. The Bertz CT molecular complexity index is 964. The van der Waals surface area contributed by atoms with Crippen LogP contribution in [0, 0.1) is 0 Å². The van der Waals surface area contributed by atoms with Crippen molar-refractivity contribution in [2.24, 2.45) is 0 Å². The number of halogens is 1. The zero-order valence-electron chi connectivity index (χ0n) is 14.8. The Balaban J connectivity index is 1.84. The fourth-order valence-electron chi connectivity index (χ4n) is 2.73. The van der Waals surface area contributed by atoms with E-state index in [1.54, 1.807) is 36.4 Å². The first kappa shape index (κ1) is 19.3. The number of fused-ring (bicyclic) bond motifs is 1. The van der Waals surface area contributed by atoms with Crippen LogP contribution < -0.4 is 19.1 Å². The van der Waals surface area contributed by atoms with Gasteiger partial charge in [0.05, 0.1) is 25.1 Å². The minimum absolute atomic E-state index is 0.150. The van der Waals surface area contributed by atoms with Gasteiger partial charge in [0.25, 0.3) is 5.91 Å². The van der Waals surface area contributed by atoms with Crippen LogP contribution in [0.4, 0.5) is 11.4 Å². The van der Waals surface area contributed by atoms with Crippen LogP contribution in [0.15, 0.2) is 42.5 Å². The van der Waals surface area contributed by atoms with Crippen LogP contribution in [0.1, 0.15) is 6.92 Å². The molecule has 27 heavy (non-hydrogen) atoms. The molecule has 0 aromatic heterocycles. The number of hydrogen-bond donors (Lipinski definition) is 1. The molecule has 2 aromatic rings. The normalized spacial score (nSPS) is 16.3. The molecule has 1 heterocycles. The monoisotopic (exact) mass is 410 g/mol. The Morgan fingerprint density at radius 2 is 2.11 bits per heavy atom. The predicted octanol–water partition coefficient (Wildman–Crippen LogP) is 2.90. The lowest BCUT2D eigenvalue weighted by Gasteiger charge is -2.34. The minimum Gasteiger partial charge on any atom is -0.494 e. The van der Waals surface area contributed by atoms with Crippen molar-refractivity contribution in [2.75, 3.05) is 29.0 Å². The third-order valence-corrected chi connectivity index (χ3v) is 5.28. The van der Waals surface area contributed by atoms with Crippen molar-refractivity contribution in [2.45, 2.75) is 13.0 Å². The van der Waals surface area contributed by atoms with Crippen molar-refractivity contribution in [1.82, 2.24) is 0 Å². The van der Waals surface area contributed by atoms with Crippen LogP contribution >= 0.6 is 11.6 Å². The molecular formula is C18H19ClN2O5S. The number of nitrogens with one attached hydrogen (secondary N) is 1. The second-order valence-corrected chi connectivity index (χ2v) is 8.31. The fourth-order valence-corrected chi connectivity index (χ4v) is 3.80. The van der Waals surface area contributed by atoms with E-state index in [-0.39, 0.29) is 12.3 Å². The van der Waals surface area contributed by atoms with Crippen molar-refractivity contribution in [3.8, 4) is 11.5 Å². The van der Waals surface area contributed by atoms with Gasteiger partial charge in [-0.1, -0.05) is 17.7 Å². The van der Waals surface area contributed by atoms with E-state index in [0.717, 1.165) is 10.6 Å². The fraction of sp³-hybridized carbons (Fsp3) is 0.278. The highest BCUT2D eigenvalue weighted by molar-refractivity contribution is 7.92. The summed E-state index contributed by atoms with van der Waals surface area (Å²) in [5.41, 5.74) is 0.842. The third-order valence-electron chi connectivity index (χ3n) is 3.90. The lowest BCUT2D eigenvalue weighted by molar-refractivity contribution is -0.122. The summed E-state index contributed by atoms with van der Waals surface area (Å²) in [5, 5.41) is 3.11. The number of amides is 1. The van der Waals surface area contributed by atoms with Crippen molar-refractivity contribution < 1.29 is 22.7 Å². The van der Waals surface area contributed by atoms with Gasteiger partial charge in [0.2, 0.25) is 10.0 Å². The number of carbonyl (C=O) groups is 1. The summed E-state index contributed by atoms with van der Waals surface area (Å²) in [7, 11) is -3.61. The van der Waals surface area contributed by atoms with E-state index in [2.05, 4.69) is 5.32 Å². The highest BCUT2D eigenvalue weighted by Crippen LogP contribution is 2.37. The maximum atomic E-state index is 12.7. The van der Waals surface area contributed by atoms with Crippen LogP contribution in [0.3, 0.4) is 0 Å². The first-order valence-electron chi connectivity index (χ1n) is 8.25. The summed E-state index contributed by atoms with van der Waals surface area (Å²) in [6, 6.07) is 11.6. The van der Waals surface area contributed by atoms with Gasteiger partial charge in [-0.3, -0.25) is 9.10 Å². The largest absolute Gasteiger partial charge is 0.494 e. The van der Waals surface area contributed by atoms with E-state index in [1.165, 1.54) is 6.07 Å². The highest BCUT2D eigenvalue weighted by atomic mass is 35.5. The van der Waals surface area contributed by atoms with Crippen LogP contribution in [-0.4, -0.2) is 39.8 Å². The van der Waals surface area contributed by atoms with Gasteiger partial charge < -0.3 is 14.8 Å².